The predicted octanol–water partition coefficient (Wildman–Crippen LogP) is 4.72. The Morgan fingerprint density at radius 3 is 1.73 bits per heavy atom. The van der Waals surface area contributed by atoms with Crippen molar-refractivity contribution in [1.82, 2.24) is 9.80 Å². The minimum atomic E-state index is 0.179. The Labute approximate surface area is 178 Å². The first-order valence-corrected chi connectivity index (χ1v) is 11.0. The maximum atomic E-state index is 13.1. The van der Waals surface area contributed by atoms with Gasteiger partial charge in [-0.1, -0.05) is 91.0 Å². The van der Waals surface area contributed by atoms with Crippen LogP contribution in [0.2, 0.25) is 0 Å². The molecule has 0 bridgehead atoms. The third-order valence-electron chi connectivity index (χ3n) is 6.56. The highest BCUT2D eigenvalue weighted by Gasteiger charge is 2.46. The number of carbonyl (C=O) groups excluding carboxylic acids is 1. The summed E-state index contributed by atoms with van der Waals surface area (Å²) in [7, 11) is 0. The minimum absolute atomic E-state index is 0.179. The van der Waals surface area contributed by atoms with Crippen LogP contribution in [0.15, 0.2) is 91.0 Å². The number of nitrogens with zero attached hydrogens (tertiary/aromatic N) is 2. The first-order valence-electron chi connectivity index (χ1n) is 11.0. The topological polar surface area (TPSA) is 23.6 Å². The number of amides is 1. The zero-order chi connectivity index (χ0) is 20.3. The van der Waals surface area contributed by atoms with Gasteiger partial charge in [0.1, 0.15) is 0 Å². The van der Waals surface area contributed by atoms with Gasteiger partial charge in [-0.2, -0.15) is 0 Å². The van der Waals surface area contributed by atoms with Crippen molar-refractivity contribution in [1.29, 1.82) is 0 Å². The Bertz CT molecular complexity index is 926. The molecular weight excluding hydrogens is 368 g/mol. The van der Waals surface area contributed by atoms with E-state index in [1.54, 1.807) is 0 Å². The monoisotopic (exact) mass is 396 g/mol. The van der Waals surface area contributed by atoms with E-state index in [-0.39, 0.29) is 12.0 Å². The maximum absolute atomic E-state index is 13.1. The van der Waals surface area contributed by atoms with Crippen LogP contribution in [0.5, 0.6) is 0 Å². The summed E-state index contributed by atoms with van der Waals surface area (Å²) in [6.45, 7) is 3.44. The van der Waals surface area contributed by atoms with E-state index >= 15 is 0 Å². The molecule has 0 unspecified atom stereocenters. The molecule has 0 spiro atoms. The summed E-state index contributed by atoms with van der Waals surface area (Å²) in [6.07, 6.45) is 1.000. The second-order valence-corrected chi connectivity index (χ2v) is 8.44. The zero-order valence-electron chi connectivity index (χ0n) is 17.2. The molecule has 3 nitrogen and oxygen atoms in total. The fourth-order valence-corrected chi connectivity index (χ4v) is 4.86. The molecule has 3 heteroatoms. The second-order valence-electron chi connectivity index (χ2n) is 8.44. The van der Waals surface area contributed by atoms with Crippen molar-refractivity contribution in [2.45, 2.75) is 18.4 Å². The van der Waals surface area contributed by atoms with Crippen LogP contribution in [0.3, 0.4) is 0 Å². The van der Waals surface area contributed by atoms with Crippen molar-refractivity contribution >= 4 is 5.91 Å². The van der Waals surface area contributed by atoms with Gasteiger partial charge in [0.25, 0.3) is 0 Å². The molecule has 5 rings (SSSR count). The Balaban J connectivity index is 1.26. The molecule has 30 heavy (non-hydrogen) atoms. The molecule has 0 aromatic heterocycles. The standard InChI is InChI=1S/C27H28N2O/c30-27(25-20-24(25)21-10-4-1-5-11-21)29-18-16-28(17-19-29)26(22-12-6-2-7-13-22)23-14-8-3-9-15-23/h1-15,24-26H,16-20H2/t24-,25-/m0/s1. The fourth-order valence-electron chi connectivity index (χ4n) is 4.86. The molecule has 0 radical (unpaired) electrons. The van der Waals surface area contributed by atoms with Crippen LogP contribution in [-0.4, -0.2) is 41.9 Å². The number of carbonyl (C=O) groups is 1. The molecule has 2 aliphatic rings. The molecule has 1 amide bonds. The SMILES string of the molecule is O=C([C@H]1C[C@H]1c1ccccc1)N1CCN(C(c2ccccc2)c2ccccc2)CC1. The van der Waals surface area contributed by atoms with Crippen molar-refractivity contribution in [2.75, 3.05) is 26.2 Å². The van der Waals surface area contributed by atoms with Crippen LogP contribution >= 0.6 is 0 Å². The Morgan fingerprint density at radius 1 is 0.700 bits per heavy atom. The number of benzene rings is 3. The molecule has 1 aliphatic carbocycles. The molecule has 1 saturated heterocycles. The van der Waals surface area contributed by atoms with E-state index in [9.17, 15) is 4.79 Å². The van der Waals surface area contributed by atoms with Crippen molar-refractivity contribution in [3.05, 3.63) is 108 Å². The van der Waals surface area contributed by atoms with E-state index in [1.165, 1.54) is 16.7 Å². The molecule has 152 valence electrons. The van der Waals surface area contributed by atoms with Gasteiger partial charge in [-0.05, 0) is 29.0 Å². The van der Waals surface area contributed by atoms with E-state index in [2.05, 4.69) is 94.7 Å². The molecule has 2 fully saturated rings. The van der Waals surface area contributed by atoms with Gasteiger partial charge in [-0.25, -0.2) is 0 Å². The molecule has 1 aliphatic heterocycles. The largest absolute Gasteiger partial charge is 0.340 e. The van der Waals surface area contributed by atoms with Crippen LogP contribution < -0.4 is 0 Å². The number of hydrogen-bond acceptors (Lipinski definition) is 2. The van der Waals surface area contributed by atoms with Gasteiger partial charge in [-0.15, -0.1) is 0 Å². The highest BCUT2D eigenvalue weighted by molar-refractivity contribution is 5.83. The molecule has 0 N–H and O–H groups in total. The summed E-state index contributed by atoms with van der Waals surface area (Å²) < 4.78 is 0. The summed E-state index contributed by atoms with van der Waals surface area (Å²) in [4.78, 5) is 17.7. The zero-order valence-corrected chi connectivity index (χ0v) is 17.2. The van der Waals surface area contributed by atoms with Crippen LogP contribution in [0.4, 0.5) is 0 Å². The summed E-state index contributed by atoms with van der Waals surface area (Å²) in [5.74, 6) is 0.940. The lowest BCUT2D eigenvalue weighted by atomic mass is 9.96. The van der Waals surface area contributed by atoms with E-state index in [1.807, 2.05) is 6.07 Å². The van der Waals surface area contributed by atoms with E-state index in [4.69, 9.17) is 0 Å². The normalized spacial score (nSPS) is 21.6. The van der Waals surface area contributed by atoms with Gasteiger partial charge in [0, 0.05) is 32.1 Å². The van der Waals surface area contributed by atoms with Gasteiger partial charge < -0.3 is 4.90 Å². The van der Waals surface area contributed by atoms with E-state index in [0.717, 1.165) is 32.6 Å². The Kier molecular flexibility index (Phi) is 5.37. The molecule has 1 heterocycles. The molecule has 3 aromatic rings. The summed E-state index contributed by atoms with van der Waals surface area (Å²) in [5.41, 5.74) is 3.94. The Morgan fingerprint density at radius 2 is 1.20 bits per heavy atom. The summed E-state index contributed by atoms with van der Waals surface area (Å²) in [5, 5.41) is 0. The van der Waals surface area contributed by atoms with Crippen molar-refractivity contribution in [2.24, 2.45) is 5.92 Å². The Hall–Kier alpha value is -2.91. The minimum Gasteiger partial charge on any atom is -0.340 e. The third kappa shape index (κ3) is 3.90. The maximum Gasteiger partial charge on any atom is 0.226 e. The first kappa shape index (κ1) is 19.1. The molecular formula is C27H28N2O. The second kappa shape index (κ2) is 8.45. The van der Waals surface area contributed by atoms with Crippen LogP contribution in [-0.2, 0) is 4.79 Å². The number of rotatable bonds is 5. The smallest absolute Gasteiger partial charge is 0.226 e. The third-order valence-corrected chi connectivity index (χ3v) is 6.56. The number of piperazine rings is 1. The summed E-state index contributed by atoms with van der Waals surface area (Å²) in [6, 6.07) is 32.2. The lowest BCUT2D eigenvalue weighted by molar-refractivity contribution is -0.134. The van der Waals surface area contributed by atoms with E-state index in [0.29, 0.717) is 11.8 Å². The van der Waals surface area contributed by atoms with Gasteiger partial charge in [-0.3, -0.25) is 9.69 Å². The lowest BCUT2D eigenvalue weighted by Gasteiger charge is -2.40. The van der Waals surface area contributed by atoms with E-state index < -0.39 is 0 Å². The highest BCUT2D eigenvalue weighted by atomic mass is 16.2. The van der Waals surface area contributed by atoms with Gasteiger partial charge in [0.15, 0.2) is 0 Å². The predicted molar refractivity (Wildman–Crippen MR) is 120 cm³/mol. The quantitative estimate of drug-likeness (QED) is 0.623. The molecule has 3 aromatic carbocycles. The lowest BCUT2D eigenvalue weighted by Crippen LogP contribution is -2.50. The first-order chi connectivity index (χ1) is 14.8. The van der Waals surface area contributed by atoms with Gasteiger partial charge >= 0.3 is 0 Å². The molecule has 1 saturated carbocycles. The average molecular weight is 397 g/mol. The fraction of sp³-hybridized carbons (Fsp3) is 0.296. The molecule has 2 atom stereocenters. The summed E-state index contributed by atoms with van der Waals surface area (Å²) >= 11 is 0. The van der Waals surface area contributed by atoms with Gasteiger partial charge in [0.2, 0.25) is 5.91 Å². The van der Waals surface area contributed by atoms with Crippen LogP contribution in [0.25, 0.3) is 0 Å². The van der Waals surface area contributed by atoms with Crippen molar-refractivity contribution in [3.63, 3.8) is 0 Å². The number of hydrogen-bond donors (Lipinski definition) is 0. The van der Waals surface area contributed by atoms with Crippen LogP contribution in [0.1, 0.15) is 35.1 Å². The van der Waals surface area contributed by atoms with Crippen molar-refractivity contribution in [3.8, 4) is 0 Å². The van der Waals surface area contributed by atoms with Gasteiger partial charge in [0.05, 0.1) is 6.04 Å². The average Bonchev–Trinajstić information content (AvgIpc) is 3.62. The van der Waals surface area contributed by atoms with Crippen molar-refractivity contribution < 1.29 is 4.79 Å². The highest BCUT2D eigenvalue weighted by Crippen LogP contribution is 2.48. The van der Waals surface area contributed by atoms with Crippen LogP contribution in [0, 0.1) is 5.92 Å².